The molecule has 0 saturated carbocycles. The maximum atomic E-state index is 5.44. The maximum Gasteiger partial charge on any atom is 0.0743 e. The first-order chi connectivity index (χ1) is 7.35. The van der Waals surface area contributed by atoms with E-state index in [1.165, 1.54) is 5.56 Å². The van der Waals surface area contributed by atoms with E-state index in [0.29, 0.717) is 5.92 Å². The minimum absolute atomic E-state index is 0.274. The summed E-state index contributed by atoms with van der Waals surface area (Å²) in [6, 6.07) is 0. The number of rotatable bonds is 4. The Morgan fingerprint density at radius 2 is 2.19 bits per heavy atom. The van der Waals surface area contributed by atoms with Gasteiger partial charge in [0.2, 0.25) is 0 Å². The van der Waals surface area contributed by atoms with Crippen LogP contribution < -0.4 is 5.32 Å². The fourth-order valence-electron chi connectivity index (χ4n) is 1.54. The molecule has 88 valence electrons. The number of hydrogen-bond donors (Lipinski definition) is 1. The van der Waals surface area contributed by atoms with Crippen LogP contribution in [0.25, 0.3) is 0 Å². The molecule has 1 heterocycles. The molecule has 0 fully saturated rings. The Hall–Kier alpha value is -1.27. The van der Waals surface area contributed by atoms with Crippen molar-refractivity contribution in [2.24, 2.45) is 7.05 Å². The van der Waals surface area contributed by atoms with Crippen molar-refractivity contribution in [1.29, 1.82) is 0 Å². The molecule has 0 unspecified atom stereocenters. The first-order valence-corrected chi connectivity index (χ1v) is 5.61. The van der Waals surface area contributed by atoms with Gasteiger partial charge in [0.1, 0.15) is 0 Å². The molecule has 0 atom stereocenters. The first kappa shape index (κ1) is 12.8. The van der Waals surface area contributed by atoms with Gasteiger partial charge in [-0.1, -0.05) is 19.8 Å². The van der Waals surface area contributed by atoms with Crippen molar-refractivity contribution < 1.29 is 0 Å². The fraction of sp³-hybridized carbons (Fsp3) is 0.615. The molecule has 0 amide bonds. The van der Waals surface area contributed by atoms with Crippen LogP contribution >= 0.6 is 0 Å². The lowest BCUT2D eigenvalue weighted by atomic mass is 10.0. The van der Waals surface area contributed by atoms with Gasteiger partial charge in [0.25, 0.3) is 0 Å². The summed E-state index contributed by atoms with van der Waals surface area (Å²) in [6.45, 7) is 9.06. The molecule has 0 aliphatic carbocycles. The van der Waals surface area contributed by atoms with E-state index in [1.54, 1.807) is 0 Å². The van der Waals surface area contributed by atoms with Crippen molar-refractivity contribution in [2.45, 2.75) is 45.7 Å². The quantitative estimate of drug-likeness (QED) is 0.785. The second kappa shape index (κ2) is 4.71. The van der Waals surface area contributed by atoms with Gasteiger partial charge in [0.15, 0.2) is 0 Å². The zero-order valence-electron chi connectivity index (χ0n) is 10.8. The third-order valence-electron chi connectivity index (χ3n) is 2.57. The largest absolute Gasteiger partial charge is 0.297 e. The smallest absolute Gasteiger partial charge is 0.0743 e. The number of hydrogen-bond acceptors (Lipinski definition) is 2. The van der Waals surface area contributed by atoms with Crippen LogP contribution in [0.5, 0.6) is 0 Å². The minimum atomic E-state index is -0.274. The van der Waals surface area contributed by atoms with Gasteiger partial charge in [-0.25, -0.2) is 0 Å². The molecule has 0 aromatic carbocycles. The second-order valence-electron chi connectivity index (χ2n) is 4.99. The van der Waals surface area contributed by atoms with Crippen molar-refractivity contribution >= 4 is 0 Å². The molecule has 0 radical (unpaired) electrons. The number of terminal acetylenes is 1. The van der Waals surface area contributed by atoms with E-state index in [-0.39, 0.29) is 5.54 Å². The summed E-state index contributed by atoms with van der Waals surface area (Å²) in [7, 11) is 1.95. The summed E-state index contributed by atoms with van der Waals surface area (Å²) in [4.78, 5) is 0. The molecule has 1 rings (SSSR count). The van der Waals surface area contributed by atoms with Crippen LogP contribution in [0.2, 0.25) is 0 Å². The third-order valence-corrected chi connectivity index (χ3v) is 2.57. The van der Waals surface area contributed by atoms with E-state index in [9.17, 15) is 0 Å². The highest BCUT2D eigenvalue weighted by molar-refractivity contribution is 5.21. The highest BCUT2D eigenvalue weighted by Crippen LogP contribution is 2.17. The number of aromatic nitrogens is 2. The molecule has 0 bridgehead atoms. The molecule has 0 saturated heterocycles. The van der Waals surface area contributed by atoms with E-state index in [4.69, 9.17) is 6.42 Å². The Bertz CT molecular complexity index is 394. The molecule has 0 aliphatic heterocycles. The lowest BCUT2D eigenvalue weighted by Gasteiger charge is -2.19. The average molecular weight is 219 g/mol. The van der Waals surface area contributed by atoms with Gasteiger partial charge in [-0.15, -0.1) is 6.42 Å². The van der Waals surface area contributed by atoms with Gasteiger partial charge in [0, 0.05) is 25.4 Å². The van der Waals surface area contributed by atoms with E-state index in [0.717, 1.165) is 12.2 Å². The first-order valence-electron chi connectivity index (χ1n) is 5.61. The van der Waals surface area contributed by atoms with Gasteiger partial charge in [-0.3, -0.25) is 10.00 Å². The van der Waals surface area contributed by atoms with Gasteiger partial charge in [0.05, 0.1) is 11.2 Å². The second-order valence-corrected chi connectivity index (χ2v) is 4.99. The highest BCUT2D eigenvalue weighted by Gasteiger charge is 2.16. The van der Waals surface area contributed by atoms with E-state index >= 15 is 0 Å². The Kier molecular flexibility index (Phi) is 3.77. The van der Waals surface area contributed by atoms with Crippen molar-refractivity contribution in [2.75, 3.05) is 0 Å². The topological polar surface area (TPSA) is 29.9 Å². The molecule has 0 spiro atoms. The Morgan fingerprint density at radius 3 is 2.69 bits per heavy atom. The van der Waals surface area contributed by atoms with E-state index < -0.39 is 0 Å². The summed E-state index contributed by atoms with van der Waals surface area (Å²) < 4.78 is 1.86. The monoisotopic (exact) mass is 219 g/mol. The molecule has 3 heteroatoms. The number of nitrogens with one attached hydrogen (secondary N) is 1. The molecule has 3 nitrogen and oxygen atoms in total. The van der Waals surface area contributed by atoms with Gasteiger partial charge < -0.3 is 0 Å². The van der Waals surface area contributed by atoms with Crippen molar-refractivity contribution in [3.63, 3.8) is 0 Å². The summed E-state index contributed by atoms with van der Waals surface area (Å²) in [5.74, 6) is 3.17. The maximum absolute atomic E-state index is 5.44. The average Bonchev–Trinajstić information content (AvgIpc) is 2.57. The SMILES string of the molecule is C#CC(C)(C)NCc1cn(C)nc1C(C)C. The van der Waals surface area contributed by atoms with Crippen molar-refractivity contribution in [3.05, 3.63) is 17.5 Å². The predicted molar refractivity (Wildman–Crippen MR) is 67.0 cm³/mol. The van der Waals surface area contributed by atoms with Gasteiger partial charge in [-0.05, 0) is 19.8 Å². The lowest BCUT2D eigenvalue weighted by molar-refractivity contribution is 0.489. The molecular formula is C13H21N3. The summed E-state index contributed by atoms with van der Waals surface area (Å²) >= 11 is 0. The highest BCUT2D eigenvalue weighted by atomic mass is 15.3. The summed E-state index contributed by atoms with van der Waals surface area (Å²) in [5.41, 5.74) is 2.09. The number of aryl methyl sites for hydroxylation is 1. The molecular weight excluding hydrogens is 198 g/mol. The van der Waals surface area contributed by atoms with Crippen LogP contribution in [0.3, 0.4) is 0 Å². The van der Waals surface area contributed by atoms with Crippen LogP contribution in [0.4, 0.5) is 0 Å². The van der Waals surface area contributed by atoms with Gasteiger partial charge >= 0.3 is 0 Å². The summed E-state index contributed by atoms with van der Waals surface area (Å²) in [5, 5.41) is 7.81. The molecule has 1 N–H and O–H groups in total. The van der Waals surface area contributed by atoms with Crippen LogP contribution in [0, 0.1) is 12.3 Å². The van der Waals surface area contributed by atoms with Gasteiger partial charge in [-0.2, -0.15) is 5.10 Å². The molecule has 0 aliphatic rings. The van der Waals surface area contributed by atoms with Crippen LogP contribution in [0.15, 0.2) is 6.20 Å². The molecule has 1 aromatic heterocycles. The normalized spacial score (nSPS) is 11.8. The van der Waals surface area contributed by atoms with E-state index in [1.807, 2.05) is 25.6 Å². The van der Waals surface area contributed by atoms with Crippen LogP contribution in [-0.4, -0.2) is 15.3 Å². The van der Waals surface area contributed by atoms with Crippen LogP contribution in [-0.2, 0) is 13.6 Å². The van der Waals surface area contributed by atoms with Crippen molar-refractivity contribution in [3.8, 4) is 12.3 Å². The van der Waals surface area contributed by atoms with Crippen molar-refractivity contribution in [1.82, 2.24) is 15.1 Å². The van der Waals surface area contributed by atoms with Crippen LogP contribution in [0.1, 0.15) is 44.9 Å². The zero-order chi connectivity index (χ0) is 12.3. The summed E-state index contributed by atoms with van der Waals surface area (Å²) in [6.07, 6.45) is 7.49. The van der Waals surface area contributed by atoms with E-state index in [2.05, 4.69) is 36.4 Å². The Labute approximate surface area is 98.2 Å². The molecule has 16 heavy (non-hydrogen) atoms. The zero-order valence-corrected chi connectivity index (χ0v) is 10.8. The Balaban J connectivity index is 2.78. The third kappa shape index (κ3) is 3.11. The molecule has 1 aromatic rings. The predicted octanol–water partition coefficient (Wildman–Crippen LogP) is 2.04. The standard InChI is InChI=1S/C13H21N3/c1-7-13(4,5)14-8-11-9-16(6)15-12(11)10(2)3/h1,9-10,14H,8H2,2-6H3. The number of nitrogens with zero attached hydrogens (tertiary/aromatic N) is 2. The lowest BCUT2D eigenvalue weighted by Crippen LogP contribution is -2.37. The minimum Gasteiger partial charge on any atom is -0.297 e. The Morgan fingerprint density at radius 1 is 1.56 bits per heavy atom. The fourth-order valence-corrected chi connectivity index (χ4v) is 1.54.